The van der Waals surface area contributed by atoms with Crippen molar-refractivity contribution >= 4 is 5.97 Å². The molecular weight excluding hydrogens is 395 g/mol. The van der Waals surface area contributed by atoms with E-state index >= 15 is 0 Å². The Morgan fingerprint density at radius 3 is 2.48 bits per heavy atom. The SMILES string of the molecule is CC(C)c1nn(-c2ccccc2)c(-c2ccc(F)cc2)c1CCC1CCC(O)C(=O)O1. The van der Waals surface area contributed by atoms with Gasteiger partial charge in [-0.2, -0.15) is 5.10 Å². The molecule has 1 aliphatic heterocycles. The van der Waals surface area contributed by atoms with Gasteiger partial charge in [0.05, 0.1) is 17.1 Å². The van der Waals surface area contributed by atoms with E-state index in [9.17, 15) is 14.3 Å². The molecule has 0 amide bonds. The molecule has 1 aliphatic rings. The number of esters is 1. The molecule has 1 N–H and O–H groups in total. The molecule has 5 nitrogen and oxygen atoms in total. The van der Waals surface area contributed by atoms with Crippen LogP contribution >= 0.6 is 0 Å². The first-order valence-electron chi connectivity index (χ1n) is 10.8. The third-order valence-electron chi connectivity index (χ3n) is 5.71. The predicted octanol–water partition coefficient (Wildman–Crippen LogP) is 4.80. The number of nitrogens with zero attached hydrogens (tertiary/aromatic N) is 2. The highest BCUT2D eigenvalue weighted by Crippen LogP contribution is 2.34. The van der Waals surface area contributed by atoms with E-state index in [1.165, 1.54) is 12.1 Å². The Hall–Kier alpha value is -2.99. The highest BCUT2D eigenvalue weighted by Gasteiger charge is 2.29. The monoisotopic (exact) mass is 422 g/mol. The lowest BCUT2D eigenvalue weighted by Gasteiger charge is -2.25. The second-order valence-corrected chi connectivity index (χ2v) is 8.31. The number of para-hydroxylation sites is 1. The minimum atomic E-state index is -1.02. The summed E-state index contributed by atoms with van der Waals surface area (Å²) >= 11 is 0. The number of hydrogen-bond donors (Lipinski definition) is 1. The highest BCUT2D eigenvalue weighted by molar-refractivity contribution is 5.75. The third-order valence-corrected chi connectivity index (χ3v) is 5.71. The number of ether oxygens (including phenoxy) is 1. The lowest BCUT2D eigenvalue weighted by Crippen LogP contribution is -2.34. The van der Waals surface area contributed by atoms with Crippen LogP contribution in [0.2, 0.25) is 0 Å². The zero-order valence-electron chi connectivity index (χ0n) is 17.8. The summed E-state index contributed by atoms with van der Waals surface area (Å²) in [6.45, 7) is 4.21. The summed E-state index contributed by atoms with van der Waals surface area (Å²) in [6.07, 6.45) is 1.14. The topological polar surface area (TPSA) is 64.3 Å². The van der Waals surface area contributed by atoms with Crippen molar-refractivity contribution in [3.05, 3.63) is 71.7 Å². The molecular formula is C25H27FN2O3. The van der Waals surface area contributed by atoms with Crippen LogP contribution in [-0.4, -0.2) is 33.1 Å². The summed E-state index contributed by atoms with van der Waals surface area (Å²) in [4.78, 5) is 11.8. The Morgan fingerprint density at radius 2 is 1.84 bits per heavy atom. The molecule has 1 saturated heterocycles. The van der Waals surface area contributed by atoms with Crippen molar-refractivity contribution in [2.45, 2.75) is 57.7 Å². The van der Waals surface area contributed by atoms with Gasteiger partial charge < -0.3 is 9.84 Å². The van der Waals surface area contributed by atoms with Crippen LogP contribution in [0.15, 0.2) is 54.6 Å². The summed E-state index contributed by atoms with van der Waals surface area (Å²) < 4.78 is 21.0. The number of aliphatic hydroxyl groups is 1. The minimum Gasteiger partial charge on any atom is -0.460 e. The van der Waals surface area contributed by atoms with Gasteiger partial charge in [-0.25, -0.2) is 13.9 Å². The number of carbonyl (C=O) groups is 1. The van der Waals surface area contributed by atoms with Crippen molar-refractivity contribution in [2.24, 2.45) is 0 Å². The van der Waals surface area contributed by atoms with Crippen molar-refractivity contribution < 1.29 is 19.0 Å². The van der Waals surface area contributed by atoms with E-state index in [2.05, 4.69) is 13.8 Å². The van der Waals surface area contributed by atoms with Crippen molar-refractivity contribution in [3.63, 3.8) is 0 Å². The third kappa shape index (κ3) is 4.54. The number of aliphatic hydroxyl groups excluding tert-OH is 1. The zero-order valence-corrected chi connectivity index (χ0v) is 17.8. The predicted molar refractivity (Wildman–Crippen MR) is 116 cm³/mol. The maximum absolute atomic E-state index is 13.6. The van der Waals surface area contributed by atoms with Crippen LogP contribution in [0.1, 0.15) is 50.3 Å². The van der Waals surface area contributed by atoms with Crippen LogP contribution in [0.3, 0.4) is 0 Å². The van der Waals surface area contributed by atoms with Crippen LogP contribution in [0.25, 0.3) is 16.9 Å². The molecule has 0 aliphatic carbocycles. The van der Waals surface area contributed by atoms with E-state index in [1.54, 1.807) is 12.1 Å². The molecule has 0 spiro atoms. The summed E-state index contributed by atoms with van der Waals surface area (Å²) in [5, 5.41) is 14.6. The second-order valence-electron chi connectivity index (χ2n) is 8.31. The maximum atomic E-state index is 13.6. The summed E-state index contributed by atoms with van der Waals surface area (Å²) in [5.41, 5.74) is 4.80. The van der Waals surface area contributed by atoms with Crippen molar-refractivity contribution in [3.8, 4) is 16.9 Å². The Morgan fingerprint density at radius 1 is 1.13 bits per heavy atom. The molecule has 4 rings (SSSR count). The largest absolute Gasteiger partial charge is 0.460 e. The highest BCUT2D eigenvalue weighted by atomic mass is 19.1. The lowest BCUT2D eigenvalue weighted by molar-refractivity contribution is -0.166. The molecule has 31 heavy (non-hydrogen) atoms. The molecule has 2 aromatic carbocycles. The van der Waals surface area contributed by atoms with Crippen LogP contribution in [0.5, 0.6) is 0 Å². The minimum absolute atomic E-state index is 0.190. The fourth-order valence-corrected chi connectivity index (χ4v) is 4.11. The fraction of sp³-hybridized carbons (Fsp3) is 0.360. The summed E-state index contributed by atoms with van der Waals surface area (Å²) in [7, 11) is 0. The normalized spacial score (nSPS) is 18.9. The average Bonchev–Trinajstić information content (AvgIpc) is 3.15. The van der Waals surface area contributed by atoms with Gasteiger partial charge in [0.25, 0.3) is 0 Å². The molecule has 1 aromatic heterocycles. The first-order chi connectivity index (χ1) is 14.9. The summed E-state index contributed by atoms with van der Waals surface area (Å²) in [5.74, 6) is -0.637. The van der Waals surface area contributed by atoms with Gasteiger partial charge >= 0.3 is 5.97 Å². The number of aromatic nitrogens is 2. The van der Waals surface area contributed by atoms with Crippen LogP contribution in [-0.2, 0) is 16.0 Å². The number of halogens is 1. The first-order valence-corrected chi connectivity index (χ1v) is 10.8. The number of benzene rings is 2. The Kier molecular flexibility index (Phi) is 6.18. The van der Waals surface area contributed by atoms with E-state index < -0.39 is 12.1 Å². The van der Waals surface area contributed by atoms with Gasteiger partial charge in [-0.1, -0.05) is 32.0 Å². The molecule has 1 fully saturated rings. The van der Waals surface area contributed by atoms with Crippen LogP contribution in [0, 0.1) is 5.82 Å². The van der Waals surface area contributed by atoms with Gasteiger partial charge in [-0.15, -0.1) is 0 Å². The van der Waals surface area contributed by atoms with E-state index in [0.717, 1.165) is 28.2 Å². The van der Waals surface area contributed by atoms with Crippen molar-refractivity contribution in [1.29, 1.82) is 0 Å². The average molecular weight is 423 g/mol. The Balaban J connectivity index is 1.76. The molecule has 6 heteroatoms. The zero-order chi connectivity index (χ0) is 22.0. The van der Waals surface area contributed by atoms with Gasteiger partial charge in [-0.3, -0.25) is 0 Å². The van der Waals surface area contributed by atoms with E-state index in [4.69, 9.17) is 9.84 Å². The molecule has 2 heterocycles. The number of rotatable bonds is 6. The molecule has 2 unspecified atom stereocenters. The molecule has 3 aromatic rings. The van der Waals surface area contributed by atoms with E-state index in [0.29, 0.717) is 25.7 Å². The van der Waals surface area contributed by atoms with Crippen molar-refractivity contribution in [2.75, 3.05) is 0 Å². The van der Waals surface area contributed by atoms with Gasteiger partial charge in [0, 0.05) is 11.1 Å². The van der Waals surface area contributed by atoms with E-state index in [-0.39, 0.29) is 17.8 Å². The standard InChI is InChI=1S/C25H27FN2O3/c1-16(2)23-21(14-12-20-13-15-22(29)25(30)31-20)24(17-8-10-18(26)11-9-17)28(27-23)19-6-4-3-5-7-19/h3-11,16,20,22,29H,12-15H2,1-2H3. The molecule has 0 radical (unpaired) electrons. The number of carbonyl (C=O) groups excluding carboxylic acids is 1. The van der Waals surface area contributed by atoms with Gasteiger partial charge in [0.15, 0.2) is 6.10 Å². The fourth-order valence-electron chi connectivity index (χ4n) is 4.11. The molecule has 0 bridgehead atoms. The number of hydrogen-bond acceptors (Lipinski definition) is 4. The molecule has 2 atom stereocenters. The van der Waals surface area contributed by atoms with Crippen LogP contribution < -0.4 is 0 Å². The molecule has 162 valence electrons. The van der Waals surface area contributed by atoms with Crippen molar-refractivity contribution in [1.82, 2.24) is 9.78 Å². The second kappa shape index (κ2) is 9.02. The van der Waals surface area contributed by atoms with Gasteiger partial charge in [0.2, 0.25) is 0 Å². The summed E-state index contributed by atoms with van der Waals surface area (Å²) in [6, 6.07) is 16.4. The first kappa shape index (κ1) is 21.2. The Labute approximate surface area is 181 Å². The maximum Gasteiger partial charge on any atom is 0.335 e. The number of cyclic esters (lactones) is 1. The van der Waals surface area contributed by atoms with Gasteiger partial charge in [0.1, 0.15) is 11.9 Å². The molecule has 0 saturated carbocycles. The Bertz CT molecular complexity index is 1040. The quantitative estimate of drug-likeness (QED) is 0.580. The smallest absolute Gasteiger partial charge is 0.335 e. The lowest BCUT2D eigenvalue weighted by atomic mass is 9.94. The van der Waals surface area contributed by atoms with Gasteiger partial charge in [-0.05, 0) is 68.0 Å². The van der Waals surface area contributed by atoms with Crippen LogP contribution in [0.4, 0.5) is 4.39 Å². The van der Waals surface area contributed by atoms with E-state index in [1.807, 2.05) is 35.0 Å².